The van der Waals surface area contributed by atoms with Gasteiger partial charge in [0, 0.05) is 24.3 Å². The lowest BCUT2D eigenvalue weighted by Crippen LogP contribution is -2.40. The minimum atomic E-state index is -3.67. The van der Waals surface area contributed by atoms with Gasteiger partial charge in [-0.2, -0.15) is 4.31 Å². The third-order valence-electron chi connectivity index (χ3n) is 5.24. The largest absolute Gasteiger partial charge is 0.461 e. The van der Waals surface area contributed by atoms with Crippen LogP contribution in [0.1, 0.15) is 49.4 Å². The van der Waals surface area contributed by atoms with Gasteiger partial charge in [0.2, 0.25) is 10.0 Å². The van der Waals surface area contributed by atoms with Gasteiger partial charge >= 0.3 is 11.9 Å². The summed E-state index contributed by atoms with van der Waals surface area (Å²) in [5.74, 6) is -1.83. The van der Waals surface area contributed by atoms with E-state index in [0.29, 0.717) is 24.5 Å². The van der Waals surface area contributed by atoms with Gasteiger partial charge in [0.25, 0.3) is 0 Å². The van der Waals surface area contributed by atoms with Gasteiger partial charge in [-0.25, -0.2) is 18.0 Å². The number of rotatable bonds is 8. The number of ether oxygens (including phenoxy) is 3. The maximum absolute atomic E-state index is 12.7. The number of benzene rings is 1. The van der Waals surface area contributed by atoms with Gasteiger partial charge in [-0.1, -0.05) is 0 Å². The molecule has 10 nitrogen and oxygen atoms in total. The summed E-state index contributed by atoms with van der Waals surface area (Å²) < 4.78 is 42.0. The molecule has 2 heterocycles. The van der Waals surface area contributed by atoms with Crippen molar-refractivity contribution in [1.82, 2.24) is 9.29 Å². The number of Topliss-reactive ketones (excluding diaryl/α,β-unsaturated/α-hetero) is 1. The molecule has 1 saturated heterocycles. The highest BCUT2D eigenvalue weighted by Gasteiger charge is 2.27. The van der Waals surface area contributed by atoms with E-state index in [2.05, 4.69) is 4.98 Å². The van der Waals surface area contributed by atoms with Gasteiger partial charge in [0.05, 0.1) is 30.3 Å². The normalized spacial score (nSPS) is 14.6. The average molecular weight is 479 g/mol. The minimum absolute atomic E-state index is 0.0722. The van der Waals surface area contributed by atoms with Crippen LogP contribution in [-0.2, 0) is 24.2 Å². The zero-order chi connectivity index (χ0) is 24.2. The molecule has 0 radical (unpaired) electrons. The van der Waals surface area contributed by atoms with Crippen molar-refractivity contribution in [3.63, 3.8) is 0 Å². The second-order valence-corrected chi connectivity index (χ2v) is 9.32. The van der Waals surface area contributed by atoms with E-state index in [-0.39, 0.29) is 41.4 Å². The Morgan fingerprint density at radius 1 is 1.03 bits per heavy atom. The number of sulfonamides is 1. The summed E-state index contributed by atoms with van der Waals surface area (Å²) in [5.41, 5.74) is 1.33. The van der Waals surface area contributed by atoms with E-state index in [4.69, 9.17) is 14.2 Å². The van der Waals surface area contributed by atoms with Crippen LogP contribution in [0.2, 0.25) is 0 Å². The molecule has 1 N–H and O–H groups in total. The second kappa shape index (κ2) is 10.3. The van der Waals surface area contributed by atoms with Crippen LogP contribution in [0, 0.1) is 13.8 Å². The Kier molecular flexibility index (Phi) is 7.67. The van der Waals surface area contributed by atoms with Crippen molar-refractivity contribution in [2.45, 2.75) is 25.7 Å². The van der Waals surface area contributed by atoms with E-state index < -0.39 is 34.4 Å². The number of esters is 2. The van der Waals surface area contributed by atoms with Crippen LogP contribution in [0.15, 0.2) is 29.2 Å². The van der Waals surface area contributed by atoms with Crippen LogP contribution in [0.5, 0.6) is 0 Å². The third kappa shape index (κ3) is 5.32. The number of carbonyl (C=O) groups is 3. The molecule has 0 unspecified atom stereocenters. The van der Waals surface area contributed by atoms with E-state index in [9.17, 15) is 22.8 Å². The Balaban J connectivity index is 1.65. The fraction of sp³-hybridized carbons (Fsp3) is 0.409. The van der Waals surface area contributed by atoms with Crippen molar-refractivity contribution in [2.24, 2.45) is 0 Å². The molecule has 1 aliphatic rings. The van der Waals surface area contributed by atoms with Crippen LogP contribution < -0.4 is 0 Å². The van der Waals surface area contributed by atoms with Gasteiger partial charge in [0.15, 0.2) is 12.4 Å². The lowest BCUT2D eigenvalue weighted by atomic mass is 10.1. The lowest BCUT2D eigenvalue weighted by Gasteiger charge is -2.26. The van der Waals surface area contributed by atoms with Crippen molar-refractivity contribution in [3.05, 3.63) is 52.3 Å². The quantitative estimate of drug-likeness (QED) is 0.449. The number of aromatic amines is 1. The molecule has 1 fully saturated rings. The number of nitrogens with one attached hydrogen (secondary N) is 1. The fourth-order valence-electron chi connectivity index (χ4n) is 3.50. The molecule has 0 aliphatic carbocycles. The topological polar surface area (TPSA) is 132 Å². The molecule has 0 spiro atoms. The number of hydrogen-bond acceptors (Lipinski definition) is 8. The Bertz CT molecular complexity index is 1150. The molecular weight excluding hydrogens is 452 g/mol. The molecule has 33 heavy (non-hydrogen) atoms. The first-order valence-corrected chi connectivity index (χ1v) is 11.8. The van der Waals surface area contributed by atoms with Gasteiger partial charge in [-0.15, -0.1) is 0 Å². The number of H-pyrrole nitrogens is 1. The van der Waals surface area contributed by atoms with Gasteiger partial charge in [-0.05, 0) is 50.6 Å². The van der Waals surface area contributed by atoms with Crippen LogP contribution in [0.3, 0.4) is 0 Å². The van der Waals surface area contributed by atoms with E-state index >= 15 is 0 Å². The Hall–Kier alpha value is -3.02. The van der Waals surface area contributed by atoms with E-state index in [0.717, 1.165) is 0 Å². The zero-order valence-corrected chi connectivity index (χ0v) is 19.5. The number of hydrogen-bond donors (Lipinski definition) is 1. The number of carbonyl (C=O) groups excluding carboxylic acids is 3. The number of ketones is 1. The lowest BCUT2D eigenvalue weighted by molar-refractivity contribution is 0.0473. The SMILES string of the molecule is CCOC(=O)c1[nH]c(C)c(C(=O)OCC(=O)c2ccc(S(=O)(=O)N3CCOCC3)cc2)c1C. The predicted molar refractivity (Wildman–Crippen MR) is 117 cm³/mol. The highest BCUT2D eigenvalue weighted by molar-refractivity contribution is 7.89. The summed E-state index contributed by atoms with van der Waals surface area (Å²) in [4.78, 5) is 39.9. The summed E-state index contributed by atoms with van der Waals surface area (Å²) >= 11 is 0. The molecule has 1 aromatic heterocycles. The van der Waals surface area contributed by atoms with Crippen molar-refractivity contribution in [2.75, 3.05) is 39.5 Å². The van der Waals surface area contributed by atoms with Crippen molar-refractivity contribution in [3.8, 4) is 0 Å². The third-order valence-corrected chi connectivity index (χ3v) is 7.15. The van der Waals surface area contributed by atoms with Crippen LogP contribution in [0.25, 0.3) is 0 Å². The number of nitrogens with zero attached hydrogens (tertiary/aromatic N) is 1. The molecule has 0 saturated carbocycles. The number of aryl methyl sites for hydroxylation is 1. The molecule has 1 aromatic carbocycles. The van der Waals surface area contributed by atoms with Crippen LogP contribution in [-0.4, -0.2) is 74.9 Å². The molecule has 0 atom stereocenters. The predicted octanol–water partition coefficient (Wildman–Crippen LogP) is 1.87. The highest BCUT2D eigenvalue weighted by atomic mass is 32.2. The average Bonchev–Trinajstić information content (AvgIpc) is 3.12. The van der Waals surface area contributed by atoms with E-state index in [1.165, 1.54) is 28.6 Å². The molecule has 11 heteroatoms. The molecule has 2 aromatic rings. The summed E-state index contributed by atoms with van der Waals surface area (Å²) in [6.07, 6.45) is 0. The Labute approximate surface area is 191 Å². The first-order chi connectivity index (χ1) is 15.7. The summed E-state index contributed by atoms with van der Waals surface area (Å²) in [7, 11) is -3.67. The molecule has 1 aliphatic heterocycles. The molecular formula is C22H26N2O8S. The number of aromatic nitrogens is 1. The first-order valence-electron chi connectivity index (χ1n) is 10.4. The maximum Gasteiger partial charge on any atom is 0.355 e. The van der Waals surface area contributed by atoms with Crippen molar-refractivity contribution in [1.29, 1.82) is 0 Å². The monoisotopic (exact) mass is 478 g/mol. The summed E-state index contributed by atoms with van der Waals surface area (Å²) in [5, 5.41) is 0. The van der Waals surface area contributed by atoms with Crippen molar-refractivity contribution >= 4 is 27.7 Å². The van der Waals surface area contributed by atoms with Gasteiger partial charge in [0.1, 0.15) is 5.69 Å². The standard InChI is InChI=1S/C22H26N2O8S/c1-4-31-22(27)20-14(2)19(15(3)23-20)21(26)32-13-18(25)16-5-7-17(8-6-16)33(28,29)24-9-11-30-12-10-24/h5-8,23H,4,9-13H2,1-3H3. The zero-order valence-electron chi connectivity index (χ0n) is 18.7. The van der Waals surface area contributed by atoms with Crippen LogP contribution in [0.4, 0.5) is 0 Å². The van der Waals surface area contributed by atoms with Gasteiger partial charge in [-0.3, -0.25) is 4.79 Å². The van der Waals surface area contributed by atoms with E-state index in [1.807, 2.05) is 0 Å². The Morgan fingerprint density at radius 2 is 1.67 bits per heavy atom. The molecule has 0 bridgehead atoms. The molecule has 3 rings (SSSR count). The molecule has 0 amide bonds. The van der Waals surface area contributed by atoms with Crippen molar-refractivity contribution < 1.29 is 37.0 Å². The van der Waals surface area contributed by atoms with Gasteiger partial charge < -0.3 is 19.2 Å². The highest BCUT2D eigenvalue weighted by Crippen LogP contribution is 2.21. The van der Waals surface area contributed by atoms with Crippen LogP contribution >= 0.6 is 0 Å². The minimum Gasteiger partial charge on any atom is -0.461 e. The van der Waals surface area contributed by atoms with E-state index in [1.54, 1.807) is 20.8 Å². The number of morpholine rings is 1. The fourth-order valence-corrected chi connectivity index (χ4v) is 4.91. The second-order valence-electron chi connectivity index (χ2n) is 7.39. The maximum atomic E-state index is 12.7. The smallest absolute Gasteiger partial charge is 0.355 e. The Morgan fingerprint density at radius 3 is 2.27 bits per heavy atom. The summed E-state index contributed by atoms with van der Waals surface area (Å²) in [6, 6.07) is 5.47. The molecule has 178 valence electrons. The summed E-state index contributed by atoms with van der Waals surface area (Å²) in [6.45, 7) is 5.75. The first kappa shape index (κ1) is 24.6.